The van der Waals surface area contributed by atoms with Crippen molar-refractivity contribution in [2.45, 2.75) is 65.1 Å². The molecule has 2 heterocycles. The van der Waals surface area contributed by atoms with Crippen molar-refractivity contribution in [2.75, 3.05) is 13.2 Å². The molecule has 0 bridgehead atoms. The van der Waals surface area contributed by atoms with Crippen LogP contribution in [-0.2, 0) is 17.7 Å². The number of nitrogens with zero attached hydrogens (tertiary/aromatic N) is 2. The third kappa shape index (κ3) is 2.77. The van der Waals surface area contributed by atoms with Gasteiger partial charge in [0.2, 0.25) is 0 Å². The lowest BCUT2D eigenvalue weighted by Gasteiger charge is -2.33. The molecule has 1 N–H and O–H groups in total. The van der Waals surface area contributed by atoms with Gasteiger partial charge in [0.05, 0.1) is 11.8 Å². The fraction of sp³-hybridized carbons (Fsp3) is 0.812. The molecular formula is C16H27N3O. The fourth-order valence-corrected chi connectivity index (χ4v) is 3.36. The number of hydrogen-bond donors (Lipinski definition) is 1. The largest absolute Gasteiger partial charge is 0.378 e. The second kappa shape index (κ2) is 5.49. The van der Waals surface area contributed by atoms with Gasteiger partial charge in [-0.3, -0.25) is 4.68 Å². The van der Waals surface area contributed by atoms with Crippen molar-refractivity contribution < 1.29 is 4.74 Å². The Morgan fingerprint density at radius 3 is 2.90 bits per heavy atom. The van der Waals surface area contributed by atoms with Crippen LogP contribution in [0, 0.1) is 12.3 Å². The van der Waals surface area contributed by atoms with Crippen LogP contribution in [0.4, 0.5) is 0 Å². The van der Waals surface area contributed by atoms with Crippen molar-refractivity contribution in [3.8, 4) is 0 Å². The smallest absolute Gasteiger partial charge is 0.0619 e. The van der Waals surface area contributed by atoms with Crippen molar-refractivity contribution in [2.24, 2.45) is 5.41 Å². The molecule has 2 unspecified atom stereocenters. The topological polar surface area (TPSA) is 39.1 Å². The van der Waals surface area contributed by atoms with Crippen LogP contribution >= 0.6 is 0 Å². The van der Waals surface area contributed by atoms with Gasteiger partial charge in [0.25, 0.3) is 0 Å². The first-order valence-electron chi connectivity index (χ1n) is 8.01. The zero-order valence-electron chi connectivity index (χ0n) is 13.0. The Hall–Kier alpha value is -0.870. The molecule has 0 aromatic carbocycles. The van der Waals surface area contributed by atoms with Crippen LogP contribution in [0.15, 0.2) is 6.07 Å². The zero-order chi connectivity index (χ0) is 14.2. The number of hydrogen-bond acceptors (Lipinski definition) is 3. The first-order valence-corrected chi connectivity index (χ1v) is 8.01. The highest BCUT2D eigenvalue weighted by Crippen LogP contribution is 2.38. The van der Waals surface area contributed by atoms with E-state index in [1.807, 2.05) is 0 Å². The molecule has 2 fully saturated rings. The Bertz CT molecular complexity index is 466. The van der Waals surface area contributed by atoms with E-state index >= 15 is 0 Å². The van der Waals surface area contributed by atoms with Crippen LogP contribution in [0.1, 0.15) is 44.5 Å². The maximum absolute atomic E-state index is 5.90. The summed E-state index contributed by atoms with van der Waals surface area (Å²) in [5.41, 5.74) is 2.72. The molecule has 2 aliphatic rings. The number of nitrogens with one attached hydrogen (secondary N) is 1. The average molecular weight is 277 g/mol. The summed E-state index contributed by atoms with van der Waals surface area (Å²) < 4.78 is 8.06. The summed E-state index contributed by atoms with van der Waals surface area (Å²) in [7, 11) is 0. The van der Waals surface area contributed by atoms with Gasteiger partial charge < -0.3 is 10.1 Å². The molecule has 1 saturated heterocycles. The molecule has 20 heavy (non-hydrogen) atoms. The number of aromatic nitrogens is 2. The minimum Gasteiger partial charge on any atom is -0.378 e. The van der Waals surface area contributed by atoms with E-state index in [1.165, 1.54) is 18.5 Å². The third-order valence-corrected chi connectivity index (χ3v) is 4.97. The Labute approximate surface area is 121 Å². The van der Waals surface area contributed by atoms with Gasteiger partial charge in [-0.05, 0) is 52.5 Å². The van der Waals surface area contributed by atoms with Crippen LogP contribution in [0.5, 0.6) is 0 Å². The highest BCUT2D eigenvalue weighted by Gasteiger charge is 2.43. The van der Waals surface area contributed by atoms with Gasteiger partial charge >= 0.3 is 0 Å². The molecule has 1 aromatic heterocycles. The van der Waals surface area contributed by atoms with E-state index in [2.05, 4.69) is 41.9 Å². The first-order chi connectivity index (χ1) is 9.63. The Kier molecular flexibility index (Phi) is 3.87. The molecule has 0 radical (unpaired) electrons. The number of aryl methyl sites for hydroxylation is 2. The second-order valence-corrected chi connectivity index (χ2v) is 6.55. The van der Waals surface area contributed by atoms with Gasteiger partial charge in [-0.1, -0.05) is 0 Å². The second-order valence-electron chi connectivity index (χ2n) is 6.55. The molecule has 0 amide bonds. The van der Waals surface area contributed by atoms with E-state index in [9.17, 15) is 0 Å². The monoisotopic (exact) mass is 277 g/mol. The van der Waals surface area contributed by atoms with E-state index in [4.69, 9.17) is 4.74 Å². The summed E-state index contributed by atoms with van der Waals surface area (Å²) in [6, 6.07) is 3.01. The summed E-state index contributed by atoms with van der Waals surface area (Å²) in [6.07, 6.45) is 5.24. The van der Waals surface area contributed by atoms with Gasteiger partial charge in [-0.25, -0.2) is 0 Å². The summed E-state index contributed by atoms with van der Waals surface area (Å²) in [4.78, 5) is 0. The van der Waals surface area contributed by atoms with Crippen LogP contribution < -0.4 is 5.32 Å². The molecule has 2 atom stereocenters. The molecule has 4 nitrogen and oxygen atoms in total. The number of rotatable bonds is 6. The summed E-state index contributed by atoms with van der Waals surface area (Å²) in [6.45, 7) is 9.41. The van der Waals surface area contributed by atoms with Gasteiger partial charge in [-0.2, -0.15) is 5.10 Å². The van der Waals surface area contributed by atoms with Crippen molar-refractivity contribution >= 4 is 0 Å². The zero-order valence-corrected chi connectivity index (χ0v) is 13.0. The molecule has 4 heteroatoms. The lowest BCUT2D eigenvalue weighted by Crippen LogP contribution is -2.42. The van der Waals surface area contributed by atoms with E-state index in [1.54, 1.807) is 0 Å². The predicted octanol–water partition coefficient (Wildman–Crippen LogP) is 2.30. The van der Waals surface area contributed by atoms with Crippen molar-refractivity contribution in [3.63, 3.8) is 0 Å². The number of ether oxygens (including phenoxy) is 1. The first kappa shape index (κ1) is 14.1. The molecule has 1 saturated carbocycles. The summed E-state index contributed by atoms with van der Waals surface area (Å²) in [5, 5.41) is 8.31. The maximum atomic E-state index is 5.90. The molecule has 1 aliphatic carbocycles. The normalized spacial score (nSPS) is 30.1. The molecular weight excluding hydrogens is 250 g/mol. The van der Waals surface area contributed by atoms with Gasteiger partial charge in [0.15, 0.2) is 0 Å². The minimum atomic E-state index is 0.238. The average Bonchev–Trinajstić information content (AvgIpc) is 3.10. The van der Waals surface area contributed by atoms with E-state index < -0.39 is 0 Å². The van der Waals surface area contributed by atoms with Crippen LogP contribution in [0.3, 0.4) is 0 Å². The predicted molar refractivity (Wildman–Crippen MR) is 79.8 cm³/mol. The van der Waals surface area contributed by atoms with Crippen molar-refractivity contribution in [1.29, 1.82) is 0 Å². The maximum Gasteiger partial charge on any atom is 0.0619 e. The van der Waals surface area contributed by atoms with Gasteiger partial charge in [-0.15, -0.1) is 0 Å². The molecule has 0 spiro atoms. The Morgan fingerprint density at radius 1 is 1.50 bits per heavy atom. The Balaban J connectivity index is 1.77. The summed E-state index contributed by atoms with van der Waals surface area (Å²) in [5.74, 6) is 0. The van der Waals surface area contributed by atoms with Gasteiger partial charge in [0, 0.05) is 36.8 Å². The minimum absolute atomic E-state index is 0.238. The highest BCUT2D eigenvalue weighted by atomic mass is 16.5. The molecule has 3 rings (SSSR count). The summed E-state index contributed by atoms with van der Waals surface area (Å²) >= 11 is 0. The SMILES string of the molecule is CCn1nc(C)cc1CC1(CNC2CC2)CCOC1C. The lowest BCUT2D eigenvalue weighted by atomic mass is 9.77. The Morgan fingerprint density at radius 2 is 2.30 bits per heavy atom. The van der Waals surface area contributed by atoms with E-state index in [0.717, 1.165) is 44.3 Å². The van der Waals surface area contributed by atoms with Crippen LogP contribution in [0.25, 0.3) is 0 Å². The van der Waals surface area contributed by atoms with E-state index in [0.29, 0.717) is 6.10 Å². The van der Waals surface area contributed by atoms with Crippen LogP contribution in [-0.4, -0.2) is 35.1 Å². The molecule has 1 aliphatic heterocycles. The molecule has 112 valence electrons. The highest BCUT2D eigenvalue weighted by molar-refractivity contribution is 5.13. The quantitative estimate of drug-likeness (QED) is 0.867. The fourth-order valence-electron chi connectivity index (χ4n) is 3.36. The molecule has 1 aromatic rings. The van der Waals surface area contributed by atoms with Gasteiger partial charge in [0.1, 0.15) is 0 Å². The third-order valence-electron chi connectivity index (χ3n) is 4.97. The standard InChI is InChI=1S/C16H27N3O/c1-4-19-15(9-12(2)18-19)10-16(7-8-20-13(16)3)11-17-14-5-6-14/h9,13-14,17H,4-8,10-11H2,1-3H3. The van der Waals surface area contributed by atoms with Crippen molar-refractivity contribution in [3.05, 3.63) is 17.5 Å². The van der Waals surface area contributed by atoms with E-state index in [-0.39, 0.29) is 5.41 Å². The lowest BCUT2D eigenvalue weighted by molar-refractivity contribution is 0.0618. The van der Waals surface area contributed by atoms with Crippen molar-refractivity contribution in [1.82, 2.24) is 15.1 Å². The van der Waals surface area contributed by atoms with Crippen LogP contribution in [0.2, 0.25) is 0 Å².